The number of Topliss-reactive ketones (excluding diaryl/α,β-unsaturated/α-hetero) is 4. The summed E-state index contributed by atoms with van der Waals surface area (Å²) >= 11 is 0. The van der Waals surface area contributed by atoms with E-state index in [9.17, 15) is 33.6 Å². The number of hydrogen-bond acceptors (Lipinski definition) is 9. The van der Waals surface area contributed by atoms with E-state index in [1.807, 2.05) is 12.1 Å². The number of ether oxygens (including phenoxy) is 2. The van der Waals surface area contributed by atoms with Gasteiger partial charge in [-0.15, -0.1) is 0 Å². The fraction of sp³-hybridized carbons (Fsp3) is 0.312. The largest absolute Gasteiger partial charge is 0.456 e. The molecule has 0 bridgehead atoms. The maximum Gasteiger partial charge on any atom is 0.340 e. The summed E-state index contributed by atoms with van der Waals surface area (Å²) in [4.78, 5) is 93.2. The van der Waals surface area contributed by atoms with E-state index < -0.39 is 34.2 Å². The second-order valence-electron chi connectivity index (χ2n) is 17.2. The lowest BCUT2D eigenvalue weighted by atomic mass is 9.71. The molecule has 0 saturated carbocycles. The van der Waals surface area contributed by atoms with E-state index in [-0.39, 0.29) is 47.5 Å². The minimum absolute atomic E-state index is 0.0993. The number of amides is 2. The molecular weight excluding hydrogens is 749 g/mol. The molecule has 11 nitrogen and oxygen atoms in total. The molecule has 2 aliphatic carbocycles. The lowest BCUT2D eigenvalue weighted by Gasteiger charge is -2.37. The first-order chi connectivity index (χ1) is 27.6. The predicted octanol–water partition coefficient (Wildman–Crippen LogP) is 8.57. The first-order valence-corrected chi connectivity index (χ1v) is 19.5. The van der Waals surface area contributed by atoms with E-state index >= 15 is 0 Å². The van der Waals surface area contributed by atoms with Crippen LogP contribution in [0.25, 0.3) is 0 Å². The highest BCUT2D eigenvalue weighted by molar-refractivity contribution is 6.26. The van der Waals surface area contributed by atoms with E-state index in [4.69, 9.17) is 9.47 Å². The van der Waals surface area contributed by atoms with Crippen LogP contribution in [0.5, 0.6) is 11.5 Å². The third-order valence-electron chi connectivity index (χ3n) is 12.2. The van der Waals surface area contributed by atoms with Crippen LogP contribution in [-0.4, -0.2) is 40.9 Å². The first-order valence-electron chi connectivity index (χ1n) is 19.5. The fourth-order valence-electron chi connectivity index (χ4n) is 9.04. The van der Waals surface area contributed by atoms with Crippen molar-refractivity contribution in [2.24, 2.45) is 10.8 Å². The molecule has 3 aromatic carbocycles. The molecule has 2 heterocycles. The number of ketones is 4. The molecule has 7 rings (SSSR count). The van der Waals surface area contributed by atoms with Crippen molar-refractivity contribution >= 4 is 52.3 Å². The summed E-state index contributed by atoms with van der Waals surface area (Å²) in [5.74, 6) is -1.68. The molecule has 59 heavy (non-hydrogen) atoms. The Hall–Kier alpha value is -6.49. The van der Waals surface area contributed by atoms with Gasteiger partial charge >= 0.3 is 5.97 Å². The number of fused-ring (bicyclic) bond motifs is 6. The Morgan fingerprint density at radius 2 is 0.949 bits per heavy atom. The van der Waals surface area contributed by atoms with Crippen LogP contribution in [0.15, 0.2) is 105 Å². The van der Waals surface area contributed by atoms with Gasteiger partial charge < -0.3 is 20.1 Å². The van der Waals surface area contributed by atoms with Crippen LogP contribution in [-0.2, 0) is 39.1 Å². The van der Waals surface area contributed by atoms with E-state index in [0.717, 1.165) is 0 Å². The molecule has 1 spiro atoms. The summed E-state index contributed by atoms with van der Waals surface area (Å²) in [6, 6.07) is 17.1. The van der Waals surface area contributed by atoms with E-state index in [1.54, 1.807) is 118 Å². The van der Waals surface area contributed by atoms with Crippen molar-refractivity contribution in [3.63, 3.8) is 0 Å². The molecule has 4 aliphatic rings. The van der Waals surface area contributed by atoms with Gasteiger partial charge in [-0.2, -0.15) is 0 Å². The standard InChI is InChI=1S/C48H46N2O9/c1-23-25(3)43(55)39(27(5)41(23)53)46(7,8)21-37(51)49-29-15-17-33-35(19-29)58-36-20-30(16-18-34(36)48(33)32-14-12-11-13-31(32)45(57)59-48)50-38(52)22-47(9,10)40-28(6)42(54)24(2)26(4)44(40)56/h11-20H,21-22H2,1-10H3,(H,49,51)(H,50,52). The number of anilines is 2. The number of carbonyl (C=O) groups is 7. The zero-order valence-electron chi connectivity index (χ0n) is 34.9. The van der Waals surface area contributed by atoms with Crippen molar-refractivity contribution in [2.75, 3.05) is 10.6 Å². The van der Waals surface area contributed by atoms with Gasteiger partial charge in [-0.1, -0.05) is 45.9 Å². The summed E-state index contributed by atoms with van der Waals surface area (Å²) < 4.78 is 12.8. The number of rotatable bonds is 8. The van der Waals surface area contributed by atoms with E-state index in [0.29, 0.717) is 78.2 Å². The number of nitrogens with one attached hydrogen (secondary N) is 2. The van der Waals surface area contributed by atoms with Gasteiger partial charge in [0.2, 0.25) is 11.8 Å². The van der Waals surface area contributed by atoms with Crippen LogP contribution in [0.3, 0.4) is 0 Å². The molecule has 0 atom stereocenters. The minimum atomic E-state index is -1.42. The molecule has 0 radical (unpaired) electrons. The Bertz CT molecular complexity index is 2500. The number of benzene rings is 3. The second kappa shape index (κ2) is 14.1. The Morgan fingerprint density at radius 3 is 1.39 bits per heavy atom. The highest BCUT2D eigenvalue weighted by Gasteiger charge is 2.53. The van der Waals surface area contributed by atoms with Crippen LogP contribution in [0.4, 0.5) is 11.4 Å². The average Bonchev–Trinajstić information content (AvgIpc) is 3.45. The first kappa shape index (κ1) is 40.7. The van der Waals surface area contributed by atoms with Gasteiger partial charge in [-0.3, -0.25) is 28.8 Å². The maximum atomic E-state index is 13.6. The molecular formula is C48H46N2O9. The van der Waals surface area contributed by atoms with Crippen molar-refractivity contribution in [3.05, 3.63) is 128 Å². The molecule has 0 fully saturated rings. The SMILES string of the molecule is CC1=C(C)C(=O)C(C(C)(C)CC(=O)Nc2ccc3c(c2)Oc2cc(NC(=O)CC(C)(C)C4=C(C)C(=O)C(C)=C(C)C4=O)ccc2C32OC(=O)c3ccccc32)=C(C)C1=O. The summed E-state index contributed by atoms with van der Waals surface area (Å²) in [6.45, 7) is 16.8. The monoisotopic (exact) mass is 794 g/mol. The summed E-state index contributed by atoms with van der Waals surface area (Å²) in [5, 5.41) is 5.83. The predicted molar refractivity (Wildman–Crippen MR) is 221 cm³/mol. The third kappa shape index (κ3) is 6.49. The minimum Gasteiger partial charge on any atom is -0.456 e. The van der Waals surface area contributed by atoms with Gasteiger partial charge in [-0.25, -0.2) is 4.79 Å². The Labute approximate surface area is 342 Å². The molecule has 2 amide bonds. The highest BCUT2D eigenvalue weighted by atomic mass is 16.6. The number of hydrogen-bond donors (Lipinski definition) is 2. The molecule has 2 aliphatic heterocycles. The molecule has 3 aromatic rings. The zero-order valence-corrected chi connectivity index (χ0v) is 34.9. The van der Waals surface area contributed by atoms with Crippen molar-refractivity contribution in [1.29, 1.82) is 0 Å². The number of carbonyl (C=O) groups excluding carboxylic acids is 7. The van der Waals surface area contributed by atoms with Crippen molar-refractivity contribution in [1.82, 2.24) is 0 Å². The van der Waals surface area contributed by atoms with Gasteiger partial charge in [0.1, 0.15) is 11.5 Å². The van der Waals surface area contributed by atoms with Gasteiger partial charge in [0.25, 0.3) is 0 Å². The third-order valence-corrected chi connectivity index (χ3v) is 12.2. The van der Waals surface area contributed by atoms with Crippen molar-refractivity contribution < 1.29 is 43.0 Å². The topological polar surface area (TPSA) is 162 Å². The molecule has 302 valence electrons. The van der Waals surface area contributed by atoms with Crippen LogP contribution < -0.4 is 15.4 Å². The van der Waals surface area contributed by atoms with Crippen LogP contribution in [0.1, 0.15) is 109 Å². The average molecular weight is 795 g/mol. The molecule has 0 unspecified atom stereocenters. The van der Waals surface area contributed by atoms with Crippen LogP contribution in [0.2, 0.25) is 0 Å². The van der Waals surface area contributed by atoms with Crippen molar-refractivity contribution in [2.45, 2.75) is 87.7 Å². The molecule has 11 heteroatoms. The van der Waals surface area contributed by atoms with E-state index in [2.05, 4.69) is 10.6 Å². The number of esters is 1. The second-order valence-corrected chi connectivity index (χ2v) is 17.2. The van der Waals surface area contributed by atoms with Crippen LogP contribution in [0, 0.1) is 10.8 Å². The van der Waals surface area contributed by atoms with Crippen molar-refractivity contribution in [3.8, 4) is 11.5 Å². The van der Waals surface area contributed by atoms with Gasteiger partial charge in [0.05, 0.1) is 5.56 Å². The Morgan fingerprint density at radius 1 is 0.542 bits per heavy atom. The molecule has 0 saturated heterocycles. The summed E-state index contributed by atoms with van der Waals surface area (Å²) in [6.07, 6.45) is -0.199. The lowest BCUT2D eigenvalue weighted by Crippen LogP contribution is -2.34. The molecule has 2 N–H and O–H groups in total. The zero-order chi connectivity index (χ0) is 43.1. The Kier molecular flexibility index (Phi) is 9.73. The normalized spacial score (nSPS) is 17.6. The summed E-state index contributed by atoms with van der Waals surface area (Å²) in [7, 11) is 0. The van der Waals surface area contributed by atoms with Gasteiger partial charge in [0.15, 0.2) is 28.7 Å². The fourth-order valence-corrected chi connectivity index (χ4v) is 9.04. The summed E-state index contributed by atoms with van der Waals surface area (Å²) in [5.41, 5.74) is 2.22. The van der Waals surface area contributed by atoms with Crippen LogP contribution >= 0.6 is 0 Å². The molecule has 0 aromatic heterocycles. The quantitative estimate of drug-likeness (QED) is 0.168. The smallest absolute Gasteiger partial charge is 0.340 e. The van der Waals surface area contributed by atoms with E-state index in [1.165, 1.54) is 0 Å². The van der Waals surface area contributed by atoms with Gasteiger partial charge in [0, 0.05) is 108 Å². The Balaban J connectivity index is 1.19. The number of allylic oxidation sites excluding steroid dienone is 8. The van der Waals surface area contributed by atoms with Gasteiger partial charge in [-0.05, 0) is 71.9 Å². The maximum absolute atomic E-state index is 13.6. The lowest BCUT2D eigenvalue weighted by molar-refractivity contribution is -0.120. The highest BCUT2D eigenvalue weighted by Crippen LogP contribution is 2.57.